The molecule has 0 atom stereocenters. The topological polar surface area (TPSA) is 13.1 Å². The molecule has 2 aromatic carbocycles. The monoisotopic (exact) mass is 208 g/mol. The van der Waals surface area contributed by atoms with Crippen LogP contribution in [0.1, 0.15) is 17.5 Å². The maximum Gasteiger partial charge on any atom is 0.135 e. The summed E-state index contributed by atoms with van der Waals surface area (Å²) in [6.07, 6.45) is 3.73. The quantitative estimate of drug-likeness (QED) is 0.542. The van der Waals surface area contributed by atoms with Gasteiger partial charge in [0.25, 0.3) is 0 Å². The second kappa shape index (κ2) is 2.88. The summed E-state index contributed by atoms with van der Waals surface area (Å²) in [5.41, 5.74) is 5.04. The highest BCUT2D eigenvalue weighted by atomic mass is 16.3. The van der Waals surface area contributed by atoms with Crippen molar-refractivity contribution in [1.82, 2.24) is 0 Å². The van der Waals surface area contributed by atoms with E-state index in [1.54, 1.807) is 0 Å². The molecule has 16 heavy (non-hydrogen) atoms. The van der Waals surface area contributed by atoms with E-state index in [9.17, 15) is 0 Å². The van der Waals surface area contributed by atoms with Crippen LogP contribution in [-0.2, 0) is 12.8 Å². The van der Waals surface area contributed by atoms with Crippen LogP contribution in [0.4, 0.5) is 0 Å². The van der Waals surface area contributed by atoms with Crippen LogP contribution in [0.3, 0.4) is 0 Å². The van der Waals surface area contributed by atoms with Gasteiger partial charge in [0.1, 0.15) is 11.2 Å². The van der Waals surface area contributed by atoms with Crippen molar-refractivity contribution in [3.8, 4) is 0 Å². The maximum atomic E-state index is 5.88. The van der Waals surface area contributed by atoms with E-state index in [4.69, 9.17) is 4.42 Å². The van der Waals surface area contributed by atoms with Gasteiger partial charge in [-0.05, 0) is 48.6 Å². The second-order valence-electron chi connectivity index (χ2n) is 4.57. The van der Waals surface area contributed by atoms with Crippen molar-refractivity contribution in [2.75, 3.05) is 0 Å². The lowest BCUT2D eigenvalue weighted by Crippen LogP contribution is -1.80. The first-order chi connectivity index (χ1) is 7.92. The fraction of sp³-hybridized carbons (Fsp3) is 0.200. The molecule has 0 bridgehead atoms. The zero-order chi connectivity index (χ0) is 10.5. The smallest absolute Gasteiger partial charge is 0.135 e. The van der Waals surface area contributed by atoms with Crippen LogP contribution in [0.15, 0.2) is 40.8 Å². The Bertz CT molecular complexity index is 691. The van der Waals surface area contributed by atoms with Crippen LogP contribution in [0, 0.1) is 0 Å². The molecule has 1 aliphatic carbocycles. The average molecular weight is 208 g/mol. The molecule has 0 radical (unpaired) electrons. The number of furan rings is 1. The molecule has 0 unspecified atom stereocenters. The molecule has 0 saturated carbocycles. The molecule has 0 fully saturated rings. The van der Waals surface area contributed by atoms with Crippen LogP contribution in [0.2, 0.25) is 0 Å². The molecule has 0 saturated heterocycles. The summed E-state index contributed by atoms with van der Waals surface area (Å²) in [6, 6.07) is 12.8. The molecule has 78 valence electrons. The van der Waals surface area contributed by atoms with Gasteiger partial charge in [0.15, 0.2) is 0 Å². The minimum atomic E-state index is 1.00. The summed E-state index contributed by atoms with van der Waals surface area (Å²) in [5, 5.41) is 2.52. The van der Waals surface area contributed by atoms with Crippen molar-refractivity contribution in [3.05, 3.63) is 47.5 Å². The van der Waals surface area contributed by atoms with Gasteiger partial charge < -0.3 is 4.42 Å². The molecule has 3 aromatic rings. The number of hydrogen-bond donors (Lipinski definition) is 0. The van der Waals surface area contributed by atoms with Crippen LogP contribution in [-0.4, -0.2) is 0 Å². The minimum Gasteiger partial charge on any atom is -0.456 e. The molecule has 1 nitrogen and oxygen atoms in total. The van der Waals surface area contributed by atoms with Gasteiger partial charge in [-0.3, -0.25) is 0 Å². The van der Waals surface area contributed by atoms with Gasteiger partial charge in [-0.1, -0.05) is 18.2 Å². The minimum absolute atomic E-state index is 1.00. The van der Waals surface area contributed by atoms with E-state index in [0.29, 0.717) is 0 Å². The average Bonchev–Trinajstić information content (AvgIpc) is 2.88. The highest BCUT2D eigenvalue weighted by Crippen LogP contribution is 2.33. The van der Waals surface area contributed by atoms with Crippen molar-refractivity contribution >= 4 is 21.9 Å². The van der Waals surface area contributed by atoms with Gasteiger partial charge in [-0.15, -0.1) is 0 Å². The van der Waals surface area contributed by atoms with Gasteiger partial charge in [0.2, 0.25) is 0 Å². The van der Waals surface area contributed by atoms with Crippen LogP contribution >= 0.6 is 0 Å². The maximum absolute atomic E-state index is 5.88. The van der Waals surface area contributed by atoms with E-state index in [-0.39, 0.29) is 0 Å². The van der Waals surface area contributed by atoms with E-state index in [0.717, 1.165) is 11.2 Å². The predicted molar refractivity (Wildman–Crippen MR) is 65.7 cm³/mol. The fourth-order valence-corrected chi connectivity index (χ4v) is 2.79. The first-order valence-electron chi connectivity index (χ1n) is 5.85. The number of para-hydroxylation sites is 1. The van der Waals surface area contributed by atoms with E-state index in [2.05, 4.69) is 24.3 Å². The zero-order valence-electron chi connectivity index (χ0n) is 8.99. The lowest BCUT2D eigenvalue weighted by Gasteiger charge is -1.97. The van der Waals surface area contributed by atoms with Crippen LogP contribution < -0.4 is 0 Å². The lowest BCUT2D eigenvalue weighted by molar-refractivity contribution is 0.668. The standard InChI is InChI=1S/C15H12O/c1-2-7-14-12(6-1)13-8-10-4-3-5-11(10)9-15(13)16-14/h1-2,6-9H,3-5H2. The Balaban J connectivity index is 2.19. The van der Waals surface area contributed by atoms with Crippen molar-refractivity contribution in [3.63, 3.8) is 0 Å². The molecular weight excluding hydrogens is 196 g/mol. The summed E-state index contributed by atoms with van der Waals surface area (Å²) in [6.45, 7) is 0. The Labute approximate surface area is 93.7 Å². The molecule has 0 amide bonds. The largest absolute Gasteiger partial charge is 0.456 e. The summed E-state index contributed by atoms with van der Waals surface area (Å²) >= 11 is 0. The molecule has 0 spiro atoms. The van der Waals surface area contributed by atoms with Gasteiger partial charge in [-0.2, -0.15) is 0 Å². The van der Waals surface area contributed by atoms with Gasteiger partial charge in [-0.25, -0.2) is 0 Å². The summed E-state index contributed by atoms with van der Waals surface area (Å²) < 4.78 is 5.88. The number of aryl methyl sites for hydroxylation is 2. The summed E-state index contributed by atoms with van der Waals surface area (Å²) in [5.74, 6) is 0. The van der Waals surface area contributed by atoms with E-state index in [1.807, 2.05) is 12.1 Å². The second-order valence-corrected chi connectivity index (χ2v) is 4.57. The van der Waals surface area contributed by atoms with Gasteiger partial charge in [0, 0.05) is 10.8 Å². The Morgan fingerprint density at radius 3 is 2.56 bits per heavy atom. The van der Waals surface area contributed by atoms with Gasteiger partial charge >= 0.3 is 0 Å². The Hall–Kier alpha value is -1.76. The normalized spacial score (nSPS) is 14.8. The van der Waals surface area contributed by atoms with Gasteiger partial charge in [0.05, 0.1) is 0 Å². The Morgan fingerprint density at radius 2 is 1.62 bits per heavy atom. The molecule has 1 heterocycles. The molecular formula is C15H12O. The van der Waals surface area contributed by atoms with E-state index < -0.39 is 0 Å². The fourth-order valence-electron chi connectivity index (χ4n) is 2.79. The third-order valence-electron chi connectivity index (χ3n) is 3.59. The van der Waals surface area contributed by atoms with E-state index in [1.165, 1.54) is 41.2 Å². The predicted octanol–water partition coefficient (Wildman–Crippen LogP) is 4.07. The molecule has 1 aromatic heterocycles. The summed E-state index contributed by atoms with van der Waals surface area (Å²) in [7, 11) is 0. The molecule has 1 aliphatic rings. The van der Waals surface area contributed by atoms with Crippen molar-refractivity contribution in [1.29, 1.82) is 0 Å². The number of fused-ring (bicyclic) bond motifs is 4. The molecule has 1 heteroatoms. The molecule has 4 rings (SSSR count). The zero-order valence-corrected chi connectivity index (χ0v) is 8.99. The first kappa shape index (κ1) is 8.40. The number of rotatable bonds is 0. The Morgan fingerprint density at radius 1 is 0.812 bits per heavy atom. The van der Waals surface area contributed by atoms with Crippen molar-refractivity contribution < 1.29 is 4.42 Å². The highest BCUT2D eigenvalue weighted by Gasteiger charge is 2.14. The lowest BCUT2D eigenvalue weighted by atomic mass is 10.1. The number of hydrogen-bond acceptors (Lipinski definition) is 1. The van der Waals surface area contributed by atoms with Crippen molar-refractivity contribution in [2.24, 2.45) is 0 Å². The third kappa shape index (κ3) is 1.00. The highest BCUT2D eigenvalue weighted by molar-refractivity contribution is 6.05. The Kier molecular flexibility index (Phi) is 1.51. The molecule has 0 N–H and O–H groups in total. The number of benzene rings is 2. The third-order valence-corrected chi connectivity index (χ3v) is 3.59. The molecule has 0 aliphatic heterocycles. The van der Waals surface area contributed by atoms with Crippen LogP contribution in [0.5, 0.6) is 0 Å². The van der Waals surface area contributed by atoms with Crippen molar-refractivity contribution in [2.45, 2.75) is 19.3 Å². The summed E-state index contributed by atoms with van der Waals surface area (Å²) in [4.78, 5) is 0. The van der Waals surface area contributed by atoms with E-state index >= 15 is 0 Å². The van der Waals surface area contributed by atoms with Crippen LogP contribution in [0.25, 0.3) is 21.9 Å². The first-order valence-corrected chi connectivity index (χ1v) is 5.85. The SMILES string of the molecule is c1ccc2c(c1)oc1cc3c(cc12)CCC3.